The Bertz CT molecular complexity index is 487. The SMILES string of the molecule is CNCC1CC(Oc2cc(C)c(F)cc2[N+](=O)[O-])C1. The highest BCUT2D eigenvalue weighted by atomic mass is 19.1. The lowest BCUT2D eigenvalue weighted by molar-refractivity contribution is -0.386. The van der Waals surface area contributed by atoms with Gasteiger partial charge < -0.3 is 10.1 Å². The first-order valence-electron chi connectivity index (χ1n) is 6.27. The summed E-state index contributed by atoms with van der Waals surface area (Å²) in [6, 6.07) is 2.33. The smallest absolute Gasteiger partial charge is 0.313 e. The summed E-state index contributed by atoms with van der Waals surface area (Å²) in [5.41, 5.74) is 0.0480. The van der Waals surface area contributed by atoms with E-state index in [1.807, 2.05) is 7.05 Å². The topological polar surface area (TPSA) is 64.4 Å². The van der Waals surface area contributed by atoms with E-state index in [0.717, 1.165) is 25.5 Å². The molecule has 0 aliphatic heterocycles. The van der Waals surface area contributed by atoms with Crippen molar-refractivity contribution in [2.45, 2.75) is 25.9 Å². The van der Waals surface area contributed by atoms with Gasteiger partial charge in [-0.25, -0.2) is 4.39 Å². The number of nitro benzene ring substituents is 1. The summed E-state index contributed by atoms with van der Waals surface area (Å²) in [6.45, 7) is 2.49. The quantitative estimate of drug-likeness (QED) is 0.658. The van der Waals surface area contributed by atoms with Crippen LogP contribution < -0.4 is 10.1 Å². The monoisotopic (exact) mass is 268 g/mol. The highest BCUT2D eigenvalue weighted by Crippen LogP contribution is 2.36. The molecule has 0 amide bonds. The first-order valence-corrected chi connectivity index (χ1v) is 6.27. The minimum absolute atomic E-state index is 0.0121. The van der Waals surface area contributed by atoms with Crippen LogP contribution in [0.5, 0.6) is 5.75 Å². The van der Waals surface area contributed by atoms with Crippen molar-refractivity contribution in [2.75, 3.05) is 13.6 Å². The van der Waals surface area contributed by atoms with Crippen LogP contribution in [0.25, 0.3) is 0 Å². The third-order valence-corrected chi connectivity index (χ3v) is 3.42. The van der Waals surface area contributed by atoms with Crippen molar-refractivity contribution >= 4 is 5.69 Å². The minimum atomic E-state index is -0.610. The average Bonchev–Trinajstić information content (AvgIpc) is 2.30. The number of nitro groups is 1. The maximum absolute atomic E-state index is 13.3. The molecule has 1 aromatic carbocycles. The number of halogens is 1. The fourth-order valence-electron chi connectivity index (χ4n) is 2.29. The van der Waals surface area contributed by atoms with Gasteiger partial charge in [-0.05, 0) is 50.9 Å². The predicted molar refractivity (Wildman–Crippen MR) is 68.9 cm³/mol. The van der Waals surface area contributed by atoms with Crippen molar-refractivity contribution in [2.24, 2.45) is 5.92 Å². The molecule has 0 radical (unpaired) electrons. The van der Waals surface area contributed by atoms with Crippen LogP contribution in [0.2, 0.25) is 0 Å². The Hall–Kier alpha value is -1.69. The molecule has 0 spiro atoms. The highest BCUT2D eigenvalue weighted by molar-refractivity contribution is 5.49. The molecule has 1 N–H and O–H groups in total. The Balaban J connectivity index is 2.08. The second kappa shape index (κ2) is 5.52. The summed E-state index contributed by atoms with van der Waals surface area (Å²) in [5.74, 6) is 0.133. The van der Waals surface area contributed by atoms with E-state index in [2.05, 4.69) is 5.32 Å². The maximum atomic E-state index is 13.3. The second-order valence-electron chi connectivity index (χ2n) is 4.96. The van der Waals surface area contributed by atoms with Crippen LogP contribution in [0.1, 0.15) is 18.4 Å². The molecule has 19 heavy (non-hydrogen) atoms. The third kappa shape index (κ3) is 3.01. The zero-order chi connectivity index (χ0) is 14.0. The average molecular weight is 268 g/mol. The largest absolute Gasteiger partial charge is 0.483 e. The van der Waals surface area contributed by atoms with Crippen LogP contribution in [-0.2, 0) is 0 Å². The summed E-state index contributed by atoms with van der Waals surface area (Å²) in [7, 11) is 1.89. The number of nitrogens with one attached hydrogen (secondary N) is 1. The first-order chi connectivity index (χ1) is 9.01. The number of hydrogen-bond donors (Lipinski definition) is 1. The van der Waals surface area contributed by atoms with Crippen molar-refractivity contribution < 1.29 is 14.1 Å². The van der Waals surface area contributed by atoms with Crippen molar-refractivity contribution in [1.82, 2.24) is 5.32 Å². The standard InChI is InChI=1S/C13H17FN2O3/c1-8-3-13(12(16(17)18)6-11(8)14)19-10-4-9(5-10)7-15-2/h3,6,9-10,15H,4-5,7H2,1-2H3. The molecule has 6 heteroatoms. The molecule has 1 fully saturated rings. The number of nitrogens with zero attached hydrogens (tertiary/aromatic N) is 1. The Morgan fingerprint density at radius 2 is 2.21 bits per heavy atom. The number of hydrogen-bond acceptors (Lipinski definition) is 4. The van der Waals surface area contributed by atoms with Crippen LogP contribution >= 0.6 is 0 Å². The van der Waals surface area contributed by atoms with E-state index in [9.17, 15) is 14.5 Å². The predicted octanol–water partition coefficient (Wildman–Crippen LogP) is 2.42. The van der Waals surface area contributed by atoms with E-state index >= 15 is 0 Å². The molecule has 1 aromatic rings. The van der Waals surface area contributed by atoms with Gasteiger partial charge in [0.2, 0.25) is 0 Å². The highest BCUT2D eigenvalue weighted by Gasteiger charge is 2.32. The molecule has 0 aromatic heterocycles. The molecule has 1 saturated carbocycles. The van der Waals surface area contributed by atoms with E-state index in [-0.39, 0.29) is 17.5 Å². The number of rotatable bonds is 5. The van der Waals surface area contributed by atoms with Crippen LogP contribution in [0.4, 0.5) is 10.1 Å². The summed E-state index contributed by atoms with van der Waals surface area (Å²) >= 11 is 0. The fourth-order valence-corrected chi connectivity index (χ4v) is 2.29. The summed E-state index contributed by atoms with van der Waals surface area (Å²) in [6.07, 6.45) is 1.73. The number of benzene rings is 1. The molecule has 1 aliphatic carbocycles. The van der Waals surface area contributed by atoms with Gasteiger partial charge in [-0.2, -0.15) is 0 Å². The lowest BCUT2D eigenvalue weighted by atomic mass is 9.82. The van der Waals surface area contributed by atoms with Crippen LogP contribution in [-0.4, -0.2) is 24.6 Å². The molecule has 2 rings (SSSR count). The summed E-state index contributed by atoms with van der Waals surface area (Å²) in [4.78, 5) is 10.3. The molecular weight excluding hydrogens is 251 g/mol. The molecule has 104 valence electrons. The van der Waals surface area contributed by atoms with Crippen LogP contribution in [0, 0.1) is 28.8 Å². The van der Waals surface area contributed by atoms with Gasteiger partial charge in [0.1, 0.15) is 5.82 Å². The molecule has 5 nitrogen and oxygen atoms in total. The molecule has 0 saturated heterocycles. The number of ether oxygens (including phenoxy) is 1. The van der Waals surface area contributed by atoms with Crippen molar-refractivity contribution in [3.8, 4) is 5.75 Å². The fraction of sp³-hybridized carbons (Fsp3) is 0.538. The minimum Gasteiger partial charge on any atom is -0.483 e. The maximum Gasteiger partial charge on any atom is 0.313 e. The van der Waals surface area contributed by atoms with Crippen LogP contribution in [0.3, 0.4) is 0 Å². The zero-order valence-corrected chi connectivity index (χ0v) is 11.0. The Labute approximate surface area is 110 Å². The van der Waals surface area contributed by atoms with Gasteiger partial charge in [0, 0.05) is 0 Å². The zero-order valence-electron chi connectivity index (χ0n) is 11.0. The normalized spacial score (nSPS) is 21.8. The first kappa shape index (κ1) is 13.7. The van der Waals surface area contributed by atoms with Gasteiger partial charge >= 0.3 is 5.69 Å². The lowest BCUT2D eigenvalue weighted by Gasteiger charge is -2.35. The van der Waals surface area contributed by atoms with Gasteiger partial charge in [-0.1, -0.05) is 0 Å². The van der Waals surface area contributed by atoms with Gasteiger partial charge in [0.25, 0.3) is 0 Å². The molecule has 1 aliphatic rings. The van der Waals surface area contributed by atoms with Crippen molar-refractivity contribution in [3.05, 3.63) is 33.6 Å². The van der Waals surface area contributed by atoms with E-state index in [0.29, 0.717) is 11.5 Å². The van der Waals surface area contributed by atoms with Gasteiger partial charge in [0.05, 0.1) is 17.1 Å². The van der Waals surface area contributed by atoms with Crippen molar-refractivity contribution in [3.63, 3.8) is 0 Å². The van der Waals surface area contributed by atoms with Gasteiger partial charge in [-0.15, -0.1) is 0 Å². The van der Waals surface area contributed by atoms with E-state index in [1.54, 1.807) is 6.92 Å². The second-order valence-corrected chi connectivity index (χ2v) is 4.96. The van der Waals surface area contributed by atoms with E-state index < -0.39 is 10.7 Å². The number of aryl methyl sites for hydroxylation is 1. The Kier molecular flexibility index (Phi) is 3.99. The Morgan fingerprint density at radius 1 is 1.53 bits per heavy atom. The molecular formula is C13H17FN2O3. The van der Waals surface area contributed by atoms with Gasteiger partial charge in [-0.3, -0.25) is 10.1 Å². The van der Waals surface area contributed by atoms with E-state index in [4.69, 9.17) is 4.74 Å². The molecule has 0 atom stereocenters. The lowest BCUT2D eigenvalue weighted by Crippen LogP contribution is -2.38. The molecule has 0 heterocycles. The third-order valence-electron chi connectivity index (χ3n) is 3.42. The Morgan fingerprint density at radius 3 is 2.79 bits per heavy atom. The van der Waals surface area contributed by atoms with Gasteiger partial charge in [0.15, 0.2) is 5.75 Å². The summed E-state index contributed by atoms with van der Waals surface area (Å²) < 4.78 is 19.0. The molecule has 0 unspecified atom stereocenters. The van der Waals surface area contributed by atoms with E-state index in [1.165, 1.54) is 6.07 Å². The van der Waals surface area contributed by atoms with Crippen molar-refractivity contribution in [1.29, 1.82) is 0 Å². The molecule has 0 bridgehead atoms. The summed E-state index contributed by atoms with van der Waals surface area (Å²) in [5, 5.41) is 14.0. The van der Waals surface area contributed by atoms with Crippen LogP contribution in [0.15, 0.2) is 12.1 Å².